The molecule has 80 valence electrons. The van der Waals surface area contributed by atoms with Crippen LogP contribution in [0.2, 0.25) is 0 Å². The molecular formula is C9H14ClNO3. The van der Waals surface area contributed by atoms with Crippen LogP contribution in [0.1, 0.15) is 16.8 Å². The Bertz CT molecular complexity index is 304. The molecule has 0 atom stereocenters. The van der Waals surface area contributed by atoms with Crippen LogP contribution in [-0.4, -0.2) is 22.3 Å². The zero-order chi connectivity index (χ0) is 9.84. The second-order valence-electron chi connectivity index (χ2n) is 2.70. The first-order valence-corrected chi connectivity index (χ1v) is 3.97. The van der Waals surface area contributed by atoms with Gasteiger partial charge in [-0.15, -0.1) is 12.4 Å². The first kappa shape index (κ1) is 13.2. The highest BCUT2D eigenvalue weighted by molar-refractivity contribution is 5.85. The van der Waals surface area contributed by atoms with Crippen LogP contribution >= 0.6 is 12.4 Å². The summed E-state index contributed by atoms with van der Waals surface area (Å²) in [7, 11) is 1.52. The summed E-state index contributed by atoms with van der Waals surface area (Å²) in [6.45, 7) is 1.50. The lowest BCUT2D eigenvalue weighted by atomic mass is 10.1. The lowest BCUT2D eigenvalue weighted by Crippen LogP contribution is -2.02. The van der Waals surface area contributed by atoms with Gasteiger partial charge >= 0.3 is 0 Å². The summed E-state index contributed by atoms with van der Waals surface area (Å²) in [6.07, 6.45) is 1.55. The molecule has 0 aromatic carbocycles. The number of halogens is 1. The third-order valence-corrected chi connectivity index (χ3v) is 1.94. The highest BCUT2D eigenvalue weighted by atomic mass is 35.5. The molecule has 1 heterocycles. The highest BCUT2D eigenvalue weighted by Crippen LogP contribution is 2.24. The molecular weight excluding hydrogens is 206 g/mol. The first-order chi connectivity index (χ1) is 6.24. The Labute approximate surface area is 89.0 Å². The second-order valence-corrected chi connectivity index (χ2v) is 2.70. The third-order valence-electron chi connectivity index (χ3n) is 1.94. The maximum Gasteiger partial charge on any atom is 0.145 e. The summed E-state index contributed by atoms with van der Waals surface area (Å²) in [5.41, 5.74) is 1.92. The van der Waals surface area contributed by atoms with Crippen molar-refractivity contribution in [2.45, 2.75) is 20.1 Å². The number of aliphatic hydroxyl groups excluding tert-OH is 2. The Kier molecular flexibility index (Phi) is 5.45. The normalized spacial score (nSPS) is 9.43. The molecule has 0 aliphatic heterocycles. The van der Waals surface area contributed by atoms with Gasteiger partial charge in [0.05, 0.1) is 26.0 Å². The molecule has 0 aliphatic carbocycles. The summed E-state index contributed by atoms with van der Waals surface area (Å²) in [4.78, 5) is 4.03. The van der Waals surface area contributed by atoms with Crippen LogP contribution in [0, 0.1) is 6.92 Å². The van der Waals surface area contributed by atoms with Crippen LogP contribution in [0.15, 0.2) is 6.20 Å². The number of hydrogen-bond acceptors (Lipinski definition) is 4. The molecule has 0 radical (unpaired) electrons. The van der Waals surface area contributed by atoms with Crippen molar-refractivity contribution in [3.05, 3.63) is 23.0 Å². The lowest BCUT2D eigenvalue weighted by molar-refractivity contribution is 0.253. The standard InChI is InChI=1S/C9H13NO3.ClH/c1-6-9(13-2)8(5-12)7(4-11)3-10-6;/h3,11-12H,4-5H2,1-2H3;1H. The van der Waals surface area contributed by atoms with Crippen molar-refractivity contribution in [1.82, 2.24) is 4.98 Å². The van der Waals surface area contributed by atoms with Crippen LogP contribution in [0.25, 0.3) is 0 Å². The summed E-state index contributed by atoms with van der Waals surface area (Å²) in [6, 6.07) is 0. The number of ether oxygens (including phenoxy) is 1. The molecule has 14 heavy (non-hydrogen) atoms. The largest absolute Gasteiger partial charge is 0.494 e. The summed E-state index contributed by atoms with van der Waals surface area (Å²) >= 11 is 0. The molecule has 0 amide bonds. The molecule has 4 nitrogen and oxygen atoms in total. The zero-order valence-electron chi connectivity index (χ0n) is 8.15. The van der Waals surface area contributed by atoms with Crippen molar-refractivity contribution in [2.24, 2.45) is 0 Å². The Hall–Kier alpha value is -0.840. The van der Waals surface area contributed by atoms with Crippen LogP contribution in [0.4, 0.5) is 0 Å². The number of hydrogen-bond donors (Lipinski definition) is 2. The number of nitrogens with zero attached hydrogens (tertiary/aromatic N) is 1. The van der Waals surface area contributed by atoms with Gasteiger partial charge in [0, 0.05) is 17.3 Å². The van der Waals surface area contributed by atoms with E-state index in [9.17, 15) is 0 Å². The minimum Gasteiger partial charge on any atom is -0.494 e. The van der Waals surface area contributed by atoms with Crippen molar-refractivity contribution in [1.29, 1.82) is 0 Å². The lowest BCUT2D eigenvalue weighted by Gasteiger charge is -2.11. The molecule has 0 aliphatic rings. The topological polar surface area (TPSA) is 62.6 Å². The highest BCUT2D eigenvalue weighted by Gasteiger charge is 2.11. The fraction of sp³-hybridized carbons (Fsp3) is 0.444. The van der Waals surface area contributed by atoms with Gasteiger partial charge in [0.1, 0.15) is 5.75 Å². The van der Waals surface area contributed by atoms with Crippen molar-refractivity contribution in [3.8, 4) is 5.75 Å². The van der Waals surface area contributed by atoms with Gasteiger partial charge in [0.25, 0.3) is 0 Å². The molecule has 0 saturated heterocycles. The van der Waals surface area contributed by atoms with Crippen LogP contribution in [0.3, 0.4) is 0 Å². The number of rotatable bonds is 3. The van der Waals surface area contributed by atoms with Gasteiger partial charge in [-0.1, -0.05) is 0 Å². The smallest absolute Gasteiger partial charge is 0.145 e. The molecule has 0 spiro atoms. The molecule has 1 aromatic heterocycles. The van der Waals surface area contributed by atoms with E-state index < -0.39 is 0 Å². The molecule has 1 rings (SSSR count). The van der Waals surface area contributed by atoms with Crippen LogP contribution in [-0.2, 0) is 13.2 Å². The molecule has 0 saturated carbocycles. The number of aromatic nitrogens is 1. The second kappa shape index (κ2) is 5.80. The average molecular weight is 220 g/mol. The van der Waals surface area contributed by atoms with Gasteiger partial charge in [0.15, 0.2) is 0 Å². The Morgan fingerprint density at radius 3 is 2.43 bits per heavy atom. The number of aliphatic hydroxyl groups is 2. The fourth-order valence-electron chi connectivity index (χ4n) is 1.26. The quantitative estimate of drug-likeness (QED) is 0.790. The maximum absolute atomic E-state index is 9.07. The van der Waals surface area contributed by atoms with Gasteiger partial charge in [-0.05, 0) is 6.92 Å². The van der Waals surface area contributed by atoms with Crippen LogP contribution in [0.5, 0.6) is 5.75 Å². The number of aryl methyl sites for hydroxylation is 1. The number of pyridine rings is 1. The Morgan fingerprint density at radius 1 is 1.36 bits per heavy atom. The summed E-state index contributed by atoms with van der Waals surface area (Å²) in [5.74, 6) is 0.550. The first-order valence-electron chi connectivity index (χ1n) is 3.97. The van der Waals surface area contributed by atoms with E-state index in [0.717, 1.165) is 0 Å². The Balaban J connectivity index is 0.00000169. The fourth-order valence-corrected chi connectivity index (χ4v) is 1.26. The average Bonchev–Trinajstić information content (AvgIpc) is 2.17. The summed E-state index contributed by atoms with van der Waals surface area (Å²) < 4.78 is 5.08. The van der Waals surface area contributed by atoms with Crippen molar-refractivity contribution >= 4 is 12.4 Å². The minimum absolute atomic E-state index is 0. The molecule has 5 heteroatoms. The summed E-state index contributed by atoms with van der Waals surface area (Å²) in [5, 5.41) is 18.0. The van der Waals surface area contributed by atoms with Crippen LogP contribution < -0.4 is 4.74 Å². The molecule has 1 aromatic rings. The minimum atomic E-state index is -0.150. The molecule has 0 bridgehead atoms. The molecule has 0 unspecified atom stereocenters. The van der Waals surface area contributed by atoms with E-state index in [2.05, 4.69) is 4.98 Å². The van der Waals surface area contributed by atoms with Gasteiger partial charge in [-0.25, -0.2) is 0 Å². The van der Waals surface area contributed by atoms with E-state index in [1.165, 1.54) is 7.11 Å². The van der Waals surface area contributed by atoms with Gasteiger partial charge in [-0.3, -0.25) is 4.98 Å². The molecule has 0 fully saturated rings. The Morgan fingerprint density at radius 2 is 2.00 bits per heavy atom. The predicted molar refractivity (Wildman–Crippen MR) is 54.6 cm³/mol. The predicted octanol–water partition coefficient (Wildman–Crippen LogP) is 0.805. The van der Waals surface area contributed by atoms with E-state index in [1.54, 1.807) is 13.1 Å². The zero-order valence-corrected chi connectivity index (χ0v) is 8.97. The number of methoxy groups -OCH3 is 1. The van der Waals surface area contributed by atoms with Gasteiger partial charge in [-0.2, -0.15) is 0 Å². The van der Waals surface area contributed by atoms with E-state index in [1.807, 2.05) is 0 Å². The van der Waals surface area contributed by atoms with Gasteiger partial charge < -0.3 is 14.9 Å². The van der Waals surface area contributed by atoms with E-state index in [-0.39, 0.29) is 25.6 Å². The van der Waals surface area contributed by atoms with Crippen molar-refractivity contribution in [2.75, 3.05) is 7.11 Å². The van der Waals surface area contributed by atoms with Crippen molar-refractivity contribution < 1.29 is 14.9 Å². The van der Waals surface area contributed by atoms with E-state index in [0.29, 0.717) is 22.6 Å². The SMILES string of the molecule is COc1c(C)ncc(CO)c1CO.Cl. The maximum atomic E-state index is 9.07. The molecule has 2 N–H and O–H groups in total. The van der Waals surface area contributed by atoms with E-state index in [4.69, 9.17) is 14.9 Å². The van der Waals surface area contributed by atoms with Gasteiger partial charge in [0.2, 0.25) is 0 Å². The third kappa shape index (κ3) is 2.35. The van der Waals surface area contributed by atoms with Crippen molar-refractivity contribution in [3.63, 3.8) is 0 Å². The van der Waals surface area contributed by atoms with E-state index >= 15 is 0 Å². The monoisotopic (exact) mass is 219 g/mol.